The highest BCUT2D eigenvalue weighted by atomic mass is 16.4. The summed E-state index contributed by atoms with van der Waals surface area (Å²) in [4.78, 5) is 22.7. The van der Waals surface area contributed by atoms with Crippen LogP contribution >= 0.6 is 0 Å². The molecule has 1 aromatic rings. The molecule has 0 bridgehead atoms. The van der Waals surface area contributed by atoms with Crippen molar-refractivity contribution in [3.05, 3.63) is 35.9 Å². The summed E-state index contributed by atoms with van der Waals surface area (Å²) in [7, 11) is 0. The van der Waals surface area contributed by atoms with E-state index in [-0.39, 0.29) is 11.8 Å². The van der Waals surface area contributed by atoms with Crippen molar-refractivity contribution in [1.82, 2.24) is 10.4 Å². The molecule has 5 heteroatoms. The fourth-order valence-corrected chi connectivity index (χ4v) is 2.04. The van der Waals surface area contributed by atoms with E-state index in [1.54, 1.807) is 17.1 Å². The van der Waals surface area contributed by atoms with Crippen molar-refractivity contribution >= 4 is 11.9 Å². The summed E-state index contributed by atoms with van der Waals surface area (Å²) in [6.45, 7) is 1.16. The van der Waals surface area contributed by atoms with Crippen molar-refractivity contribution in [2.24, 2.45) is 5.92 Å². The van der Waals surface area contributed by atoms with Gasteiger partial charge in [-0.25, -0.2) is 5.01 Å². The van der Waals surface area contributed by atoms with Crippen molar-refractivity contribution in [2.75, 3.05) is 13.1 Å². The van der Waals surface area contributed by atoms with Gasteiger partial charge in [0.25, 0.3) is 5.91 Å². The Morgan fingerprint density at radius 2 is 1.78 bits per heavy atom. The predicted octanol–water partition coefficient (Wildman–Crippen LogP) is 1.13. The first-order valence-electron chi connectivity index (χ1n) is 6.00. The highest BCUT2D eigenvalue weighted by Crippen LogP contribution is 2.15. The minimum atomic E-state index is -0.746. The second-order valence-corrected chi connectivity index (χ2v) is 4.41. The molecule has 5 nitrogen and oxygen atoms in total. The van der Waals surface area contributed by atoms with E-state index in [0.717, 1.165) is 0 Å². The summed E-state index contributed by atoms with van der Waals surface area (Å²) < 4.78 is 0. The number of benzene rings is 1. The van der Waals surface area contributed by atoms with Gasteiger partial charge < -0.3 is 5.11 Å². The molecule has 1 aliphatic heterocycles. The summed E-state index contributed by atoms with van der Waals surface area (Å²) in [5.41, 5.74) is 3.41. The van der Waals surface area contributed by atoms with E-state index in [1.807, 2.05) is 18.2 Å². The van der Waals surface area contributed by atoms with Gasteiger partial charge in [-0.15, -0.1) is 0 Å². The molecule has 1 fully saturated rings. The number of nitrogens with one attached hydrogen (secondary N) is 1. The Kier molecular flexibility index (Phi) is 3.94. The number of carbonyl (C=O) groups is 2. The zero-order valence-electron chi connectivity index (χ0n) is 10.0. The highest BCUT2D eigenvalue weighted by molar-refractivity contribution is 5.93. The van der Waals surface area contributed by atoms with Crippen LogP contribution < -0.4 is 5.43 Å². The third-order valence-corrected chi connectivity index (χ3v) is 3.14. The Labute approximate surface area is 105 Å². The Bertz CT molecular complexity index is 425. The first-order chi connectivity index (χ1) is 8.66. The van der Waals surface area contributed by atoms with Crippen LogP contribution in [0.3, 0.4) is 0 Å². The monoisotopic (exact) mass is 248 g/mol. The van der Waals surface area contributed by atoms with E-state index >= 15 is 0 Å². The van der Waals surface area contributed by atoms with Crippen molar-refractivity contribution in [3.8, 4) is 0 Å². The lowest BCUT2D eigenvalue weighted by molar-refractivity contribution is -0.143. The van der Waals surface area contributed by atoms with Crippen LogP contribution in [0.5, 0.6) is 0 Å². The molecule has 2 N–H and O–H groups in total. The number of hydrazine groups is 1. The van der Waals surface area contributed by atoms with E-state index in [4.69, 9.17) is 5.11 Å². The fraction of sp³-hybridized carbons (Fsp3) is 0.385. The highest BCUT2D eigenvalue weighted by Gasteiger charge is 2.25. The Morgan fingerprint density at radius 3 is 2.33 bits per heavy atom. The normalized spacial score (nSPS) is 17.3. The molecular formula is C13H16N2O3. The van der Waals surface area contributed by atoms with Crippen LogP contribution in [0.2, 0.25) is 0 Å². The molecular weight excluding hydrogens is 232 g/mol. The van der Waals surface area contributed by atoms with Crippen LogP contribution in [0.15, 0.2) is 30.3 Å². The lowest BCUT2D eigenvalue weighted by atomic mass is 9.98. The van der Waals surface area contributed by atoms with E-state index in [1.165, 1.54) is 0 Å². The second kappa shape index (κ2) is 5.64. The Morgan fingerprint density at radius 1 is 1.17 bits per heavy atom. The summed E-state index contributed by atoms with van der Waals surface area (Å²) in [5, 5.41) is 10.7. The SMILES string of the molecule is O=C(NN1CCC(C(=O)O)CC1)c1ccccc1. The first-order valence-corrected chi connectivity index (χ1v) is 6.00. The number of carboxylic acid groups (broad SMARTS) is 1. The smallest absolute Gasteiger partial charge is 0.306 e. The maximum Gasteiger partial charge on any atom is 0.306 e. The van der Waals surface area contributed by atoms with Crippen LogP contribution in [0, 0.1) is 5.92 Å². The second-order valence-electron chi connectivity index (χ2n) is 4.41. The third kappa shape index (κ3) is 3.07. The van der Waals surface area contributed by atoms with Crippen molar-refractivity contribution in [1.29, 1.82) is 0 Å². The number of hydrogen-bond donors (Lipinski definition) is 2. The van der Waals surface area contributed by atoms with Gasteiger partial charge in [-0.1, -0.05) is 18.2 Å². The van der Waals surface area contributed by atoms with Crippen molar-refractivity contribution < 1.29 is 14.7 Å². The van der Waals surface area contributed by atoms with Crippen LogP contribution in [0.25, 0.3) is 0 Å². The largest absolute Gasteiger partial charge is 0.481 e. The van der Waals surface area contributed by atoms with E-state index < -0.39 is 5.97 Å². The molecule has 0 atom stereocenters. The maximum absolute atomic E-state index is 11.9. The molecule has 18 heavy (non-hydrogen) atoms. The van der Waals surface area contributed by atoms with E-state index in [2.05, 4.69) is 5.43 Å². The zero-order chi connectivity index (χ0) is 13.0. The van der Waals surface area contributed by atoms with E-state index in [9.17, 15) is 9.59 Å². The van der Waals surface area contributed by atoms with Crippen LogP contribution in [0.4, 0.5) is 0 Å². The quantitative estimate of drug-likeness (QED) is 0.841. The molecule has 0 saturated carbocycles. The molecule has 0 aromatic heterocycles. The number of nitrogens with zero attached hydrogens (tertiary/aromatic N) is 1. The number of aliphatic carboxylic acids is 1. The summed E-state index contributed by atoms with van der Waals surface area (Å²) >= 11 is 0. The van der Waals surface area contributed by atoms with Crippen LogP contribution in [-0.4, -0.2) is 35.1 Å². The number of amides is 1. The maximum atomic E-state index is 11.9. The molecule has 2 rings (SSSR count). The molecule has 0 spiro atoms. The van der Waals surface area contributed by atoms with Gasteiger partial charge in [0.2, 0.25) is 0 Å². The molecule has 0 aliphatic carbocycles. The van der Waals surface area contributed by atoms with Gasteiger partial charge in [0.05, 0.1) is 5.92 Å². The minimum Gasteiger partial charge on any atom is -0.481 e. The summed E-state index contributed by atoms with van der Waals surface area (Å²) in [5.74, 6) is -1.18. The number of hydrogen-bond acceptors (Lipinski definition) is 3. The van der Waals surface area contributed by atoms with Gasteiger partial charge >= 0.3 is 5.97 Å². The number of carbonyl (C=O) groups excluding carboxylic acids is 1. The first kappa shape index (κ1) is 12.6. The van der Waals surface area contributed by atoms with Crippen molar-refractivity contribution in [3.63, 3.8) is 0 Å². The molecule has 1 aliphatic rings. The summed E-state index contributed by atoms with van der Waals surface area (Å²) in [6, 6.07) is 8.98. The standard InChI is InChI=1S/C13H16N2O3/c16-12(10-4-2-1-3-5-10)14-15-8-6-11(7-9-15)13(17)18/h1-5,11H,6-9H2,(H,14,16)(H,17,18). The topological polar surface area (TPSA) is 69.6 Å². The molecule has 0 radical (unpaired) electrons. The van der Waals surface area contributed by atoms with E-state index in [0.29, 0.717) is 31.5 Å². The van der Waals surface area contributed by atoms with Gasteiger partial charge in [0.1, 0.15) is 0 Å². The Hall–Kier alpha value is -1.88. The van der Waals surface area contributed by atoms with Gasteiger partial charge in [0.15, 0.2) is 0 Å². The Balaban J connectivity index is 1.85. The average Bonchev–Trinajstić information content (AvgIpc) is 2.40. The van der Waals surface area contributed by atoms with Gasteiger partial charge in [0, 0.05) is 18.7 Å². The number of rotatable bonds is 3. The van der Waals surface area contributed by atoms with Gasteiger partial charge in [-0.2, -0.15) is 0 Å². The molecule has 1 amide bonds. The summed E-state index contributed by atoms with van der Waals surface area (Å²) in [6.07, 6.45) is 1.15. The lowest BCUT2D eigenvalue weighted by Crippen LogP contribution is -2.47. The fourth-order valence-electron chi connectivity index (χ4n) is 2.04. The molecule has 1 aromatic carbocycles. The number of carboxylic acids is 1. The third-order valence-electron chi connectivity index (χ3n) is 3.14. The van der Waals surface area contributed by atoms with Crippen LogP contribution in [-0.2, 0) is 4.79 Å². The molecule has 96 valence electrons. The van der Waals surface area contributed by atoms with Crippen LogP contribution in [0.1, 0.15) is 23.2 Å². The molecule has 1 saturated heterocycles. The number of piperidine rings is 1. The van der Waals surface area contributed by atoms with Gasteiger partial charge in [-0.3, -0.25) is 15.0 Å². The average molecular weight is 248 g/mol. The predicted molar refractivity (Wildman–Crippen MR) is 65.8 cm³/mol. The van der Waals surface area contributed by atoms with Gasteiger partial charge in [-0.05, 0) is 25.0 Å². The molecule has 0 unspecified atom stereocenters. The molecule has 1 heterocycles. The van der Waals surface area contributed by atoms with Crippen molar-refractivity contribution in [2.45, 2.75) is 12.8 Å². The minimum absolute atomic E-state index is 0.149. The lowest BCUT2D eigenvalue weighted by Gasteiger charge is -2.30. The zero-order valence-corrected chi connectivity index (χ0v) is 10.0.